The summed E-state index contributed by atoms with van der Waals surface area (Å²) in [4.78, 5) is 21.6. The Morgan fingerprint density at radius 2 is 2.45 bits per heavy atom. The number of Topliss-reactive ketones (excluding diaryl/α,β-unsaturated/α-hetero) is 1. The van der Waals surface area contributed by atoms with E-state index < -0.39 is 0 Å². The lowest BCUT2D eigenvalue weighted by molar-refractivity contribution is -0.151. The van der Waals surface area contributed by atoms with Crippen molar-refractivity contribution in [1.82, 2.24) is 0 Å². The second-order valence-electron chi connectivity index (χ2n) is 2.46. The van der Waals surface area contributed by atoms with Gasteiger partial charge in [0, 0.05) is 12.0 Å². The first-order valence-electron chi connectivity index (χ1n) is 3.55. The van der Waals surface area contributed by atoms with Crippen LogP contribution in [0.3, 0.4) is 0 Å². The summed E-state index contributed by atoms with van der Waals surface area (Å²) in [6, 6.07) is 0. The summed E-state index contributed by atoms with van der Waals surface area (Å²) in [6.07, 6.45) is 0.275. The maximum atomic E-state index is 10.9. The predicted octanol–water partition coefficient (Wildman–Crippen LogP) is 0.695. The molecule has 0 aromatic heterocycles. The van der Waals surface area contributed by atoms with Gasteiger partial charge in [0.1, 0.15) is 0 Å². The minimum Gasteiger partial charge on any atom is -0.466 e. The number of rotatable bonds is 2. The zero-order chi connectivity index (χ0) is 8.43. The molecular weight excluding hydrogens is 144 g/mol. The highest BCUT2D eigenvalue weighted by Crippen LogP contribution is 2.28. The van der Waals surface area contributed by atoms with Gasteiger partial charge in [-0.15, -0.1) is 0 Å². The molecule has 1 aliphatic rings. The van der Waals surface area contributed by atoms with Crippen LogP contribution in [0.4, 0.5) is 0 Å². The third-order valence-electron chi connectivity index (χ3n) is 1.74. The third-order valence-corrected chi connectivity index (χ3v) is 1.74. The second-order valence-corrected chi connectivity index (χ2v) is 2.46. The van der Waals surface area contributed by atoms with Crippen molar-refractivity contribution in [3.05, 3.63) is 12.2 Å². The van der Waals surface area contributed by atoms with Crippen molar-refractivity contribution in [2.45, 2.75) is 13.3 Å². The van der Waals surface area contributed by atoms with Crippen molar-refractivity contribution in [3.63, 3.8) is 0 Å². The average Bonchev–Trinajstić information content (AvgIpc) is 1.99. The number of carbonyl (C=O) groups excluding carboxylic acids is 2. The van der Waals surface area contributed by atoms with Crippen LogP contribution in [-0.4, -0.2) is 18.4 Å². The van der Waals surface area contributed by atoms with Crippen molar-refractivity contribution in [2.75, 3.05) is 6.61 Å². The van der Waals surface area contributed by atoms with E-state index in [4.69, 9.17) is 4.74 Å². The highest BCUT2D eigenvalue weighted by molar-refractivity contribution is 6.09. The summed E-state index contributed by atoms with van der Waals surface area (Å²) in [7, 11) is 0. The van der Waals surface area contributed by atoms with Gasteiger partial charge in [-0.05, 0) is 6.92 Å². The lowest BCUT2D eigenvalue weighted by Gasteiger charge is -2.24. The molecule has 0 N–H and O–H groups in total. The van der Waals surface area contributed by atoms with E-state index in [9.17, 15) is 9.59 Å². The van der Waals surface area contributed by atoms with Gasteiger partial charge in [-0.2, -0.15) is 0 Å². The quantitative estimate of drug-likeness (QED) is 0.434. The summed E-state index contributed by atoms with van der Waals surface area (Å²) in [6.45, 7) is 5.57. The molecule has 11 heavy (non-hydrogen) atoms. The second kappa shape index (κ2) is 2.86. The zero-order valence-electron chi connectivity index (χ0n) is 6.42. The van der Waals surface area contributed by atoms with Crippen molar-refractivity contribution >= 4 is 11.8 Å². The van der Waals surface area contributed by atoms with E-state index in [1.165, 1.54) is 0 Å². The Bertz CT molecular complexity index is 217. The SMILES string of the molecule is C=C1C(=O)CC1C(=O)OCC. The van der Waals surface area contributed by atoms with Crippen LogP contribution in [0, 0.1) is 5.92 Å². The van der Waals surface area contributed by atoms with Gasteiger partial charge in [0.25, 0.3) is 0 Å². The largest absolute Gasteiger partial charge is 0.466 e. The first kappa shape index (κ1) is 7.98. The molecule has 0 amide bonds. The van der Waals surface area contributed by atoms with E-state index in [0.29, 0.717) is 12.2 Å². The van der Waals surface area contributed by atoms with Crippen LogP contribution in [-0.2, 0) is 14.3 Å². The van der Waals surface area contributed by atoms with Gasteiger partial charge in [-0.3, -0.25) is 9.59 Å². The fraction of sp³-hybridized carbons (Fsp3) is 0.500. The van der Waals surface area contributed by atoms with Crippen LogP contribution < -0.4 is 0 Å². The Morgan fingerprint density at radius 1 is 1.82 bits per heavy atom. The molecule has 0 radical (unpaired) electrons. The van der Waals surface area contributed by atoms with E-state index in [2.05, 4.69) is 6.58 Å². The highest BCUT2D eigenvalue weighted by atomic mass is 16.5. The maximum absolute atomic E-state index is 10.9. The van der Waals surface area contributed by atoms with Gasteiger partial charge >= 0.3 is 5.97 Å². The molecule has 1 atom stereocenters. The van der Waals surface area contributed by atoms with Crippen LogP contribution in [0.15, 0.2) is 12.2 Å². The fourth-order valence-corrected chi connectivity index (χ4v) is 0.971. The summed E-state index contributed by atoms with van der Waals surface area (Å²) >= 11 is 0. The van der Waals surface area contributed by atoms with Crippen LogP contribution in [0.5, 0.6) is 0 Å². The Balaban J connectivity index is 2.46. The minimum atomic E-state index is -0.359. The molecule has 1 saturated carbocycles. The van der Waals surface area contributed by atoms with Gasteiger partial charge in [-0.1, -0.05) is 6.58 Å². The molecule has 1 fully saturated rings. The molecule has 0 aromatic rings. The smallest absolute Gasteiger partial charge is 0.313 e. The molecular formula is C8H10O3. The molecule has 0 aliphatic heterocycles. The topological polar surface area (TPSA) is 43.4 Å². The molecule has 0 heterocycles. The molecule has 60 valence electrons. The molecule has 0 bridgehead atoms. The number of carbonyl (C=O) groups is 2. The van der Waals surface area contributed by atoms with Crippen LogP contribution in [0.25, 0.3) is 0 Å². The van der Waals surface area contributed by atoms with Crippen molar-refractivity contribution in [2.24, 2.45) is 5.92 Å². The third kappa shape index (κ3) is 1.31. The summed E-state index contributed by atoms with van der Waals surface area (Å²) < 4.78 is 4.71. The van der Waals surface area contributed by atoms with Crippen LogP contribution in [0.2, 0.25) is 0 Å². The lowest BCUT2D eigenvalue weighted by Crippen LogP contribution is -2.34. The normalized spacial score (nSPS) is 22.8. The number of esters is 1. The van der Waals surface area contributed by atoms with Gasteiger partial charge in [0.15, 0.2) is 5.78 Å². The molecule has 0 aromatic carbocycles. The van der Waals surface area contributed by atoms with Gasteiger partial charge in [-0.25, -0.2) is 0 Å². The van der Waals surface area contributed by atoms with Crippen molar-refractivity contribution in [1.29, 1.82) is 0 Å². The van der Waals surface area contributed by atoms with Crippen LogP contribution in [0.1, 0.15) is 13.3 Å². The molecule has 3 nitrogen and oxygen atoms in total. The van der Waals surface area contributed by atoms with Gasteiger partial charge < -0.3 is 4.74 Å². The van der Waals surface area contributed by atoms with Crippen molar-refractivity contribution < 1.29 is 14.3 Å². The first-order chi connectivity index (χ1) is 5.16. The summed E-state index contributed by atoms with van der Waals surface area (Å²) in [5.41, 5.74) is 0.392. The zero-order valence-corrected chi connectivity index (χ0v) is 6.42. The predicted molar refractivity (Wildman–Crippen MR) is 38.9 cm³/mol. The number of hydrogen-bond acceptors (Lipinski definition) is 3. The molecule has 0 saturated heterocycles. The Labute approximate surface area is 65.0 Å². The maximum Gasteiger partial charge on any atom is 0.313 e. The number of ether oxygens (including phenoxy) is 1. The Kier molecular flexibility index (Phi) is 2.08. The average molecular weight is 154 g/mol. The van der Waals surface area contributed by atoms with Gasteiger partial charge in [0.05, 0.1) is 12.5 Å². The molecule has 1 unspecified atom stereocenters. The lowest BCUT2D eigenvalue weighted by atomic mass is 9.79. The van der Waals surface area contributed by atoms with E-state index in [1.54, 1.807) is 6.92 Å². The highest BCUT2D eigenvalue weighted by Gasteiger charge is 2.38. The molecule has 3 heteroatoms. The first-order valence-corrected chi connectivity index (χ1v) is 3.55. The minimum absolute atomic E-state index is 0.0250. The van der Waals surface area contributed by atoms with Gasteiger partial charge in [0.2, 0.25) is 0 Å². The molecule has 1 aliphatic carbocycles. The number of hydrogen-bond donors (Lipinski definition) is 0. The van der Waals surface area contributed by atoms with Crippen LogP contribution >= 0.6 is 0 Å². The summed E-state index contributed by atoms with van der Waals surface area (Å²) in [5, 5.41) is 0. The monoisotopic (exact) mass is 154 g/mol. The van der Waals surface area contributed by atoms with E-state index in [0.717, 1.165) is 0 Å². The van der Waals surface area contributed by atoms with E-state index >= 15 is 0 Å². The molecule has 1 rings (SSSR count). The number of ketones is 1. The standard InChI is InChI=1S/C8H10O3/c1-3-11-8(10)6-4-7(9)5(6)2/h6H,2-4H2,1H3. The van der Waals surface area contributed by atoms with E-state index in [1.807, 2.05) is 0 Å². The Morgan fingerprint density at radius 3 is 2.82 bits per heavy atom. The molecule has 0 spiro atoms. The Hall–Kier alpha value is -1.12. The fourth-order valence-electron chi connectivity index (χ4n) is 0.971. The van der Waals surface area contributed by atoms with E-state index in [-0.39, 0.29) is 24.1 Å². The van der Waals surface area contributed by atoms with Crippen molar-refractivity contribution in [3.8, 4) is 0 Å². The summed E-state index contributed by atoms with van der Waals surface area (Å²) in [5.74, 6) is -0.706.